The molecule has 0 bridgehead atoms. The molecule has 6 nitrogen and oxygen atoms in total. The number of aliphatic imine (C=N–C) groups is 1. The van der Waals surface area contributed by atoms with Crippen molar-refractivity contribution in [2.75, 3.05) is 39.8 Å². The summed E-state index contributed by atoms with van der Waals surface area (Å²) in [6.45, 7) is 8.07. The number of halogens is 2. The molecule has 1 atom stereocenters. The van der Waals surface area contributed by atoms with Crippen molar-refractivity contribution < 1.29 is 18.3 Å². The average molecular weight is 398 g/mol. The molecule has 1 saturated heterocycles. The summed E-state index contributed by atoms with van der Waals surface area (Å²) in [4.78, 5) is 6.62. The van der Waals surface area contributed by atoms with Crippen molar-refractivity contribution >= 4 is 5.96 Å². The fourth-order valence-corrected chi connectivity index (χ4v) is 3.25. The van der Waals surface area contributed by atoms with Crippen molar-refractivity contribution in [3.05, 3.63) is 29.3 Å². The number of morpholine rings is 1. The van der Waals surface area contributed by atoms with E-state index in [2.05, 4.69) is 39.1 Å². The van der Waals surface area contributed by atoms with Gasteiger partial charge in [-0.15, -0.1) is 0 Å². The maximum atomic E-state index is 12.6. The van der Waals surface area contributed by atoms with Gasteiger partial charge in [0.05, 0.1) is 12.7 Å². The van der Waals surface area contributed by atoms with Gasteiger partial charge in [-0.3, -0.25) is 9.89 Å². The van der Waals surface area contributed by atoms with Crippen LogP contribution in [0.15, 0.2) is 23.2 Å². The SMILES string of the molecule is CN=C(NCc1cc(C)ccc1OC(F)F)NCC1CN(CC(C)C)CCO1. The van der Waals surface area contributed by atoms with E-state index >= 15 is 0 Å². The summed E-state index contributed by atoms with van der Waals surface area (Å²) in [6, 6.07) is 5.14. The van der Waals surface area contributed by atoms with Gasteiger partial charge in [-0.25, -0.2) is 0 Å². The molecule has 0 saturated carbocycles. The molecular weight excluding hydrogens is 366 g/mol. The highest BCUT2D eigenvalue weighted by molar-refractivity contribution is 5.79. The maximum Gasteiger partial charge on any atom is 0.387 e. The van der Waals surface area contributed by atoms with Crippen LogP contribution in [0.5, 0.6) is 5.75 Å². The van der Waals surface area contributed by atoms with Crippen LogP contribution in [0.2, 0.25) is 0 Å². The van der Waals surface area contributed by atoms with Gasteiger partial charge >= 0.3 is 6.61 Å². The highest BCUT2D eigenvalue weighted by Gasteiger charge is 2.21. The number of guanidine groups is 1. The molecule has 1 fully saturated rings. The van der Waals surface area contributed by atoms with E-state index in [9.17, 15) is 8.78 Å². The second kappa shape index (κ2) is 11.2. The molecule has 2 rings (SSSR count). The molecule has 0 radical (unpaired) electrons. The lowest BCUT2D eigenvalue weighted by atomic mass is 10.1. The van der Waals surface area contributed by atoms with Gasteiger partial charge in [0.1, 0.15) is 5.75 Å². The van der Waals surface area contributed by atoms with Crippen molar-refractivity contribution in [2.45, 2.75) is 40.0 Å². The molecule has 1 aromatic carbocycles. The lowest BCUT2D eigenvalue weighted by Gasteiger charge is -2.34. The van der Waals surface area contributed by atoms with Crippen LogP contribution in [-0.2, 0) is 11.3 Å². The van der Waals surface area contributed by atoms with Gasteiger partial charge in [-0.05, 0) is 18.9 Å². The number of nitrogens with zero attached hydrogens (tertiary/aromatic N) is 2. The second-order valence-corrected chi connectivity index (χ2v) is 7.44. The summed E-state index contributed by atoms with van der Waals surface area (Å²) in [5.74, 6) is 1.39. The second-order valence-electron chi connectivity index (χ2n) is 7.44. The third-order valence-corrected chi connectivity index (χ3v) is 4.45. The predicted octanol–water partition coefficient (Wildman–Crippen LogP) is 2.62. The molecule has 1 aliphatic heterocycles. The van der Waals surface area contributed by atoms with Crippen LogP contribution in [0.1, 0.15) is 25.0 Å². The van der Waals surface area contributed by atoms with Crippen LogP contribution >= 0.6 is 0 Å². The third-order valence-electron chi connectivity index (χ3n) is 4.45. The monoisotopic (exact) mass is 398 g/mol. The summed E-state index contributed by atoms with van der Waals surface area (Å²) < 4.78 is 35.7. The Balaban J connectivity index is 1.86. The van der Waals surface area contributed by atoms with E-state index in [1.54, 1.807) is 19.2 Å². The normalized spacial score (nSPS) is 18.6. The summed E-state index contributed by atoms with van der Waals surface area (Å²) in [5.41, 5.74) is 1.63. The summed E-state index contributed by atoms with van der Waals surface area (Å²) in [7, 11) is 1.68. The number of rotatable bonds is 8. The van der Waals surface area contributed by atoms with Crippen molar-refractivity contribution in [1.82, 2.24) is 15.5 Å². The van der Waals surface area contributed by atoms with Gasteiger partial charge in [-0.2, -0.15) is 8.78 Å². The summed E-state index contributed by atoms with van der Waals surface area (Å²) in [6.07, 6.45) is 0.0859. The van der Waals surface area contributed by atoms with Crippen LogP contribution in [0.3, 0.4) is 0 Å². The van der Waals surface area contributed by atoms with E-state index < -0.39 is 6.61 Å². The fourth-order valence-electron chi connectivity index (χ4n) is 3.25. The fraction of sp³-hybridized carbons (Fsp3) is 0.650. The molecule has 0 amide bonds. The third kappa shape index (κ3) is 7.59. The van der Waals surface area contributed by atoms with E-state index in [0.717, 1.165) is 31.8 Å². The van der Waals surface area contributed by atoms with Gasteiger partial charge < -0.3 is 20.1 Å². The Labute approximate surface area is 166 Å². The molecule has 28 heavy (non-hydrogen) atoms. The Morgan fingerprint density at radius 2 is 2.14 bits per heavy atom. The maximum absolute atomic E-state index is 12.6. The minimum absolute atomic E-state index is 0.0859. The Morgan fingerprint density at radius 1 is 1.36 bits per heavy atom. The number of alkyl halides is 2. The molecule has 0 aromatic heterocycles. The van der Waals surface area contributed by atoms with E-state index in [4.69, 9.17) is 4.74 Å². The van der Waals surface area contributed by atoms with Crippen LogP contribution in [0.4, 0.5) is 8.78 Å². The molecule has 1 aliphatic rings. The largest absolute Gasteiger partial charge is 0.434 e. The Morgan fingerprint density at radius 3 is 2.82 bits per heavy atom. The Bertz CT molecular complexity index is 641. The minimum Gasteiger partial charge on any atom is -0.434 e. The molecule has 1 aromatic rings. The van der Waals surface area contributed by atoms with E-state index in [-0.39, 0.29) is 11.9 Å². The number of ether oxygens (including phenoxy) is 2. The van der Waals surface area contributed by atoms with E-state index in [1.165, 1.54) is 0 Å². The number of hydrogen-bond donors (Lipinski definition) is 2. The highest BCUT2D eigenvalue weighted by atomic mass is 19.3. The van der Waals surface area contributed by atoms with E-state index in [0.29, 0.717) is 30.5 Å². The average Bonchev–Trinajstić information content (AvgIpc) is 2.63. The van der Waals surface area contributed by atoms with Gasteiger partial charge in [0.15, 0.2) is 5.96 Å². The molecule has 8 heteroatoms. The first-order valence-corrected chi connectivity index (χ1v) is 9.70. The first-order chi connectivity index (χ1) is 13.4. The van der Waals surface area contributed by atoms with Crippen LogP contribution in [0.25, 0.3) is 0 Å². The molecule has 1 unspecified atom stereocenters. The first-order valence-electron chi connectivity index (χ1n) is 9.70. The molecule has 0 aliphatic carbocycles. The molecule has 0 spiro atoms. The van der Waals surface area contributed by atoms with Crippen molar-refractivity contribution in [3.8, 4) is 5.75 Å². The zero-order chi connectivity index (χ0) is 20.5. The smallest absolute Gasteiger partial charge is 0.387 e. The van der Waals surface area contributed by atoms with Crippen molar-refractivity contribution in [3.63, 3.8) is 0 Å². The summed E-state index contributed by atoms with van der Waals surface area (Å²) >= 11 is 0. The number of benzene rings is 1. The zero-order valence-corrected chi connectivity index (χ0v) is 17.2. The number of nitrogens with one attached hydrogen (secondary N) is 2. The van der Waals surface area contributed by atoms with E-state index in [1.807, 2.05) is 13.0 Å². The molecule has 158 valence electrons. The number of aryl methyl sites for hydroxylation is 1. The van der Waals surface area contributed by atoms with Crippen molar-refractivity contribution in [1.29, 1.82) is 0 Å². The molecule has 2 N–H and O–H groups in total. The molecular formula is C20H32F2N4O2. The van der Waals surface area contributed by atoms with Crippen LogP contribution in [0, 0.1) is 12.8 Å². The van der Waals surface area contributed by atoms with Gasteiger partial charge in [0.2, 0.25) is 0 Å². The summed E-state index contributed by atoms with van der Waals surface area (Å²) in [5, 5.41) is 6.41. The quantitative estimate of drug-likeness (QED) is 0.521. The predicted molar refractivity (Wildman–Crippen MR) is 107 cm³/mol. The Kier molecular flexibility index (Phi) is 8.92. The highest BCUT2D eigenvalue weighted by Crippen LogP contribution is 2.22. The Hall–Kier alpha value is -1.93. The first kappa shape index (κ1) is 22.4. The van der Waals surface area contributed by atoms with Crippen molar-refractivity contribution in [2.24, 2.45) is 10.9 Å². The van der Waals surface area contributed by atoms with Crippen LogP contribution < -0.4 is 15.4 Å². The lowest BCUT2D eigenvalue weighted by molar-refractivity contribution is -0.0504. The number of hydrogen-bond acceptors (Lipinski definition) is 4. The minimum atomic E-state index is -2.85. The molecule has 1 heterocycles. The van der Waals surface area contributed by atoms with Gasteiger partial charge in [0, 0.05) is 45.3 Å². The standard InChI is InChI=1S/C20H32F2N4O2/c1-14(2)12-26-7-8-27-17(13-26)11-25-20(23-4)24-10-16-9-15(3)5-6-18(16)28-19(21)22/h5-6,9,14,17,19H,7-8,10-13H2,1-4H3,(H2,23,24,25). The van der Waals surface area contributed by atoms with Gasteiger partial charge in [0.25, 0.3) is 0 Å². The zero-order valence-electron chi connectivity index (χ0n) is 17.2. The van der Waals surface area contributed by atoms with Gasteiger partial charge in [-0.1, -0.05) is 31.5 Å². The topological polar surface area (TPSA) is 58.1 Å². The van der Waals surface area contributed by atoms with Crippen LogP contribution in [-0.4, -0.2) is 63.4 Å². The lowest BCUT2D eigenvalue weighted by Crippen LogP contribution is -2.50.